The summed E-state index contributed by atoms with van der Waals surface area (Å²) in [4.78, 5) is 18.7. The highest BCUT2D eigenvalue weighted by Gasteiger charge is 2.13. The molecular formula is C22H20F2N4O. The van der Waals surface area contributed by atoms with Crippen molar-refractivity contribution in [2.45, 2.75) is 12.8 Å². The van der Waals surface area contributed by atoms with Gasteiger partial charge in [-0.05, 0) is 61.4 Å². The van der Waals surface area contributed by atoms with Crippen molar-refractivity contribution in [2.75, 3.05) is 28.6 Å². The monoisotopic (exact) mass is 394 g/mol. The van der Waals surface area contributed by atoms with Gasteiger partial charge in [0.25, 0.3) is 5.91 Å². The van der Waals surface area contributed by atoms with E-state index in [2.05, 4.69) is 32.7 Å². The lowest BCUT2D eigenvalue weighted by Crippen LogP contribution is -2.17. The van der Waals surface area contributed by atoms with E-state index in [0.717, 1.165) is 30.5 Å². The minimum Gasteiger partial charge on any atom is -0.372 e. The Labute approximate surface area is 167 Å². The summed E-state index contributed by atoms with van der Waals surface area (Å²) in [5.74, 6) is -2.12. The van der Waals surface area contributed by atoms with Gasteiger partial charge in [0.05, 0.1) is 17.6 Å². The van der Waals surface area contributed by atoms with Crippen molar-refractivity contribution >= 4 is 28.7 Å². The highest BCUT2D eigenvalue weighted by atomic mass is 19.1. The first-order valence-corrected chi connectivity index (χ1v) is 9.43. The zero-order valence-electron chi connectivity index (χ0n) is 15.7. The van der Waals surface area contributed by atoms with E-state index in [1.165, 1.54) is 36.9 Å². The molecule has 0 radical (unpaired) electrons. The first-order valence-electron chi connectivity index (χ1n) is 9.43. The van der Waals surface area contributed by atoms with E-state index in [-0.39, 0.29) is 11.4 Å². The van der Waals surface area contributed by atoms with Crippen molar-refractivity contribution in [3.8, 4) is 0 Å². The average Bonchev–Trinajstić information content (AvgIpc) is 3.26. The molecule has 0 atom stereocenters. The fraction of sp³-hybridized carbons (Fsp3) is 0.182. The summed E-state index contributed by atoms with van der Waals surface area (Å²) >= 11 is 0. The molecule has 1 saturated heterocycles. The van der Waals surface area contributed by atoms with Crippen LogP contribution in [0.2, 0.25) is 0 Å². The minimum atomic E-state index is -0.839. The van der Waals surface area contributed by atoms with Crippen molar-refractivity contribution in [2.24, 2.45) is 0 Å². The lowest BCUT2D eigenvalue weighted by Gasteiger charge is -2.18. The van der Waals surface area contributed by atoms with Crippen LogP contribution < -0.4 is 15.5 Å². The number of aromatic nitrogens is 1. The number of nitrogens with zero attached hydrogens (tertiary/aromatic N) is 2. The number of carbonyl (C=O) groups excluding carboxylic acids is 1. The number of nitrogens with one attached hydrogen (secondary N) is 2. The molecule has 1 aromatic heterocycles. The van der Waals surface area contributed by atoms with Crippen molar-refractivity contribution in [3.05, 3.63) is 78.1 Å². The van der Waals surface area contributed by atoms with Gasteiger partial charge >= 0.3 is 0 Å². The second-order valence-corrected chi connectivity index (χ2v) is 6.88. The topological polar surface area (TPSA) is 57.3 Å². The maximum absolute atomic E-state index is 13.7. The zero-order chi connectivity index (χ0) is 20.2. The zero-order valence-corrected chi connectivity index (χ0v) is 15.7. The molecule has 0 unspecified atom stereocenters. The van der Waals surface area contributed by atoms with E-state index >= 15 is 0 Å². The molecule has 2 N–H and O–H groups in total. The number of benzene rings is 2. The molecule has 1 amide bonds. The van der Waals surface area contributed by atoms with Crippen molar-refractivity contribution < 1.29 is 13.6 Å². The maximum Gasteiger partial charge on any atom is 0.274 e. The van der Waals surface area contributed by atoms with Gasteiger partial charge in [0.15, 0.2) is 0 Å². The van der Waals surface area contributed by atoms with Crippen LogP contribution in [-0.2, 0) is 0 Å². The van der Waals surface area contributed by atoms with Crippen LogP contribution in [0.5, 0.6) is 0 Å². The molecule has 3 aromatic rings. The minimum absolute atomic E-state index is 0.0986. The van der Waals surface area contributed by atoms with Gasteiger partial charge in [-0.25, -0.2) is 13.8 Å². The molecule has 0 spiro atoms. The van der Waals surface area contributed by atoms with Gasteiger partial charge in [-0.2, -0.15) is 0 Å². The summed E-state index contributed by atoms with van der Waals surface area (Å²) in [7, 11) is 0. The van der Waals surface area contributed by atoms with Crippen LogP contribution >= 0.6 is 0 Å². The maximum atomic E-state index is 13.7. The molecule has 1 fully saturated rings. The van der Waals surface area contributed by atoms with E-state index in [1.54, 1.807) is 6.07 Å². The quantitative estimate of drug-likeness (QED) is 0.643. The molecule has 1 aliphatic rings. The van der Waals surface area contributed by atoms with Crippen LogP contribution in [0, 0.1) is 11.6 Å². The van der Waals surface area contributed by atoms with Gasteiger partial charge in [-0.3, -0.25) is 4.79 Å². The number of halogens is 2. The van der Waals surface area contributed by atoms with E-state index in [4.69, 9.17) is 0 Å². The number of hydrogen-bond donors (Lipinski definition) is 2. The Morgan fingerprint density at radius 3 is 2.31 bits per heavy atom. The Kier molecular flexibility index (Phi) is 5.37. The number of amides is 1. The van der Waals surface area contributed by atoms with Crippen LogP contribution in [0.4, 0.5) is 31.5 Å². The van der Waals surface area contributed by atoms with Gasteiger partial charge in [-0.15, -0.1) is 0 Å². The predicted octanol–water partition coefficient (Wildman–Crippen LogP) is 4.96. The first-order chi connectivity index (χ1) is 14.1. The first kappa shape index (κ1) is 18.9. The third kappa shape index (κ3) is 4.51. The Bertz CT molecular complexity index is 1000. The third-order valence-corrected chi connectivity index (χ3v) is 4.80. The largest absolute Gasteiger partial charge is 0.372 e. The average molecular weight is 394 g/mol. The molecule has 1 aliphatic heterocycles. The summed E-state index contributed by atoms with van der Waals surface area (Å²) in [6.07, 6.45) is 4.00. The van der Waals surface area contributed by atoms with E-state index in [0.29, 0.717) is 6.07 Å². The van der Waals surface area contributed by atoms with Gasteiger partial charge in [0, 0.05) is 30.5 Å². The normalized spacial score (nSPS) is 13.4. The van der Waals surface area contributed by atoms with Gasteiger partial charge in [0.1, 0.15) is 17.3 Å². The van der Waals surface area contributed by atoms with E-state index < -0.39 is 17.5 Å². The summed E-state index contributed by atoms with van der Waals surface area (Å²) in [5.41, 5.74) is 2.89. The molecule has 29 heavy (non-hydrogen) atoms. The summed E-state index contributed by atoms with van der Waals surface area (Å²) in [6.45, 7) is 2.20. The Morgan fingerprint density at radius 1 is 0.931 bits per heavy atom. The van der Waals surface area contributed by atoms with Crippen molar-refractivity contribution in [1.82, 2.24) is 4.98 Å². The van der Waals surface area contributed by atoms with Crippen molar-refractivity contribution in [1.29, 1.82) is 0 Å². The summed E-state index contributed by atoms with van der Waals surface area (Å²) in [5, 5.41) is 5.63. The smallest absolute Gasteiger partial charge is 0.274 e. The molecule has 2 heterocycles. The molecule has 4 rings (SSSR count). The van der Waals surface area contributed by atoms with Crippen LogP contribution in [0.15, 0.2) is 60.8 Å². The fourth-order valence-electron chi connectivity index (χ4n) is 3.28. The molecule has 5 nitrogen and oxygen atoms in total. The molecule has 7 heteroatoms. The van der Waals surface area contributed by atoms with Crippen LogP contribution in [0.3, 0.4) is 0 Å². The van der Waals surface area contributed by atoms with Gasteiger partial charge in [0.2, 0.25) is 0 Å². The van der Waals surface area contributed by atoms with Crippen LogP contribution in [0.1, 0.15) is 23.3 Å². The SMILES string of the molecule is O=C(Nc1ccc(F)cc1F)c1ccc(Nc2ccc(N3CCCC3)cc2)cn1. The molecule has 148 valence electrons. The number of pyridine rings is 1. The molecule has 2 aromatic carbocycles. The Hall–Kier alpha value is -3.48. The van der Waals surface area contributed by atoms with E-state index in [9.17, 15) is 13.6 Å². The lowest BCUT2D eigenvalue weighted by atomic mass is 10.2. The van der Waals surface area contributed by atoms with Crippen LogP contribution in [0.25, 0.3) is 0 Å². The highest BCUT2D eigenvalue weighted by Crippen LogP contribution is 2.24. The Morgan fingerprint density at radius 2 is 1.66 bits per heavy atom. The summed E-state index contributed by atoms with van der Waals surface area (Å²) < 4.78 is 26.6. The number of rotatable bonds is 5. The number of carbonyl (C=O) groups is 1. The molecule has 0 saturated carbocycles. The van der Waals surface area contributed by atoms with Gasteiger partial charge in [-0.1, -0.05) is 0 Å². The van der Waals surface area contributed by atoms with Crippen LogP contribution in [-0.4, -0.2) is 24.0 Å². The third-order valence-electron chi connectivity index (χ3n) is 4.80. The number of hydrogen-bond acceptors (Lipinski definition) is 4. The van der Waals surface area contributed by atoms with Crippen molar-refractivity contribution in [3.63, 3.8) is 0 Å². The highest BCUT2D eigenvalue weighted by molar-refractivity contribution is 6.03. The summed E-state index contributed by atoms with van der Waals surface area (Å²) in [6, 6.07) is 14.4. The fourth-order valence-corrected chi connectivity index (χ4v) is 3.28. The lowest BCUT2D eigenvalue weighted by molar-refractivity contribution is 0.102. The van der Waals surface area contributed by atoms with Gasteiger partial charge < -0.3 is 15.5 Å². The second-order valence-electron chi connectivity index (χ2n) is 6.88. The molecule has 0 bridgehead atoms. The standard InChI is InChI=1S/C22H20F2N4O/c23-15-3-9-20(19(24)13-15)27-22(29)21-10-6-17(14-25-21)26-16-4-7-18(8-5-16)28-11-1-2-12-28/h3-10,13-14,26H,1-2,11-12H2,(H,27,29). The molecular weight excluding hydrogens is 374 g/mol. The predicted molar refractivity (Wildman–Crippen MR) is 110 cm³/mol. The number of anilines is 4. The Balaban J connectivity index is 1.39. The van der Waals surface area contributed by atoms with E-state index in [1.807, 2.05) is 12.1 Å². The second kappa shape index (κ2) is 8.26. The molecule has 0 aliphatic carbocycles.